The predicted molar refractivity (Wildman–Crippen MR) is 101 cm³/mol. The van der Waals surface area contributed by atoms with E-state index < -0.39 is 23.6 Å². The van der Waals surface area contributed by atoms with Crippen LogP contribution < -0.4 is 22.9 Å². The van der Waals surface area contributed by atoms with E-state index in [-0.39, 0.29) is 11.8 Å². The van der Waals surface area contributed by atoms with Gasteiger partial charge in [0.05, 0.1) is 0 Å². The van der Waals surface area contributed by atoms with Gasteiger partial charge in [0.1, 0.15) is 0 Å². The SMILES string of the molecule is CC(=CC(C)C=C(C)C(N)=O)C(N)=O.CC(C=CC(N)=O)C=CC(N)=O. The second kappa shape index (κ2) is 13.2. The van der Waals surface area contributed by atoms with Crippen LogP contribution in [0.25, 0.3) is 0 Å². The van der Waals surface area contributed by atoms with Crippen LogP contribution in [-0.4, -0.2) is 23.6 Å². The Morgan fingerprint density at radius 3 is 1.19 bits per heavy atom. The summed E-state index contributed by atoms with van der Waals surface area (Å²) < 4.78 is 0. The molecule has 4 amide bonds. The normalized spacial score (nSPS) is 14.5. The number of primary amides is 4. The van der Waals surface area contributed by atoms with Crippen molar-refractivity contribution in [3.63, 3.8) is 0 Å². The van der Waals surface area contributed by atoms with Crippen LogP contribution in [-0.2, 0) is 19.2 Å². The summed E-state index contributed by atoms with van der Waals surface area (Å²) in [4.78, 5) is 41.9. The third-order valence-electron chi connectivity index (χ3n) is 2.93. The molecule has 8 heteroatoms. The molecule has 144 valence electrons. The van der Waals surface area contributed by atoms with Crippen LogP contribution in [0, 0.1) is 11.8 Å². The average Bonchev–Trinajstić information content (AvgIpc) is 2.50. The Hall–Kier alpha value is -3.16. The standard InChI is InChI=1S/C10H16N2O2.C8H12N2O2/c1-6(4-7(2)9(11)13)5-8(3)10(12)14;1-6(2-4-7(9)11)3-5-8(10)12/h4-6H,1-3H3,(H2,11,13)(H2,12,14);2-6H,1H3,(H2,9,11)(H2,10,12). The van der Waals surface area contributed by atoms with E-state index in [0.717, 1.165) is 0 Å². The largest absolute Gasteiger partial charge is 0.366 e. The molecule has 0 aromatic rings. The van der Waals surface area contributed by atoms with Gasteiger partial charge >= 0.3 is 0 Å². The number of nitrogens with two attached hydrogens (primary N) is 4. The van der Waals surface area contributed by atoms with Crippen LogP contribution in [0.5, 0.6) is 0 Å². The third kappa shape index (κ3) is 15.7. The summed E-state index contributed by atoms with van der Waals surface area (Å²) >= 11 is 0. The van der Waals surface area contributed by atoms with Gasteiger partial charge in [-0.25, -0.2) is 0 Å². The van der Waals surface area contributed by atoms with E-state index in [9.17, 15) is 19.2 Å². The zero-order chi connectivity index (χ0) is 20.9. The van der Waals surface area contributed by atoms with Crippen LogP contribution in [0.4, 0.5) is 0 Å². The van der Waals surface area contributed by atoms with E-state index in [1.807, 2.05) is 6.92 Å². The predicted octanol–water partition coefficient (Wildman–Crippen LogP) is 0.191. The molecule has 0 saturated carbocycles. The maximum atomic E-state index is 10.7. The lowest BCUT2D eigenvalue weighted by Gasteiger charge is -2.02. The fourth-order valence-electron chi connectivity index (χ4n) is 1.56. The molecular formula is C18H28N4O4. The average molecular weight is 364 g/mol. The Balaban J connectivity index is 0. The molecule has 8 N–H and O–H groups in total. The van der Waals surface area contributed by atoms with Gasteiger partial charge in [0.2, 0.25) is 23.6 Å². The van der Waals surface area contributed by atoms with Crippen LogP contribution in [0.1, 0.15) is 27.7 Å². The van der Waals surface area contributed by atoms with Gasteiger partial charge in [-0.3, -0.25) is 19.2 Å². The highest BCUT2D eigenvalue weighted by molar-refractivity contribution is 5.92. The van der Waals surface area contributed by atoms with Crippen molar-refractivity contribution in [1.82, 2.24) is 0 Å². The van der Waals surface area contributed by atoms with Gasteiger partial charge in [0, 0.05) is 11.1 Å². The van der Waals surface area contributed by atoms with Crippen molar-refractivity contribution in [2.75, 3.05) is 0 Å². The molecule has 0 fully saturated rings. The number of carbonyl (C=O) groups is 4. The van der Waals surface area contributed by atoms with Gasteiger partial charge < -0.3 is 22.9 Å². The van der Waals surface area contributed by atoms with E-state index >= 15 is 0 Å². The molecule has 0 bridgehead atoms. The van der Waals surface area contributed by atoms with E-state index in [1.165, 1.54) is 12.2 Å². The summed E-state index contributed by atoms with van der Waals surface area (Å²) in [5.41, 5.74) is 20.8. The second-order valence-corrected chi connectivity index (χ2v) is 5.67. The summed E-state index contributed by atoms with van der Waals surface area (Å²) in [5.74, 6) is -1.98. The van der Waals surface area contributed by atoms with Gasteiger partial charge in [-0.05, 0) is 37.8 Å². The summed E-state index contributed by atoms with van der Waals surface area (Å²) in [7, 11) is 0. The highest BCUT2D eigenvalue weighted by Gasteiger charge is 2.03. The molecule has 0 aromatic carbocycles. The van der Waals surface area contributed by atoms with Crippen LogP contribution >= 0.6 is 0 Å². The third-order valence-corrected chi connectivity index (χ3v) is 2.93. The Labute approximate surface area is 153 Å². The van der Waals surface area contributed by atoms with Gasteiger partial charge in [-0.2, -0.15) is 0 Å². The number of carbonyl (C=O) groups excluding carboxylic acids is 4. The number of hydrogen-bond acceptors (Lipinski definition) is 4. The monoisotopic (exact) mass is 364 g/mol. The summed E-state index contributed by atoms with van der Waals surface area (Å²) in [5, 5.41) is 0. The maximum absolute atomic E-state index is 10.7. The molecule has 0 aliphatic rings. The summed E-state index contributed by atoms with van der Waals surface area (Å²) in [6.07, 6.45) is 9.04. The quantitative estimate of drug-likeness (QED) is 0.450. The number of rotatable bonds is 8. The topological polar surface area (TPSA) is 172 Å². The first-order chi connectivity index (χ1) is 11.9. The molecule has 0 atom stereocenters. The van der Waals surface area contributed by atoms with Crippen LogP contribution in [0.2, 0.25) is 0 Å². The molecule has 8 nitrogen and oxygen atoms in total. The van der Waals surface area contributed by atoms with Gasteiger partial charge in [-0.1, -0.05) is 38.2 Å². The van der Waals surface area contributed by atoms with Crippen molar-refractivity contribution in [2.24, 2.45) is 34.8 Å². The molecule has 0 saturated heterocycles. The minimum atomic E-state index is -0.505. The molecule has 0 radical (unpaired) electrons. The second-order valence-electron chi connectivity index (χ2n) is 5.67. The van der Waals surface area contributed by atoms with E-state index in [0.29, 0.717) is 11.1 Å². The lowest BCUT2D eigenvalue weighted by Crippen LogP contribution is -2.14. The zero-order valence-corrected chi connectivity index (χ0v) is 15.6. The van der Waals surface area contributed by atoms with Gasteiger partial charge in [0.25, 0.3) is 0 Å². The first kappa shape index (κ1) is 25.1. The molecule has 0 rings (SSSR count). The molecule has 0 spiro atoms. The van der Waals surface area contributed by atoms with Crippen molar-refractivity contribution in [2.45, 2.75) is 27.7 Å². The Bertz CT molecular complexity index is 592. The van der Waals surface area contributed by atoms with E-state index in [1.54, 1.807) is 45.1 Å². The number of amides is 4. The van der Waals surface area contributed by atoms with E-state index in [4.69, 9.17) is 22.9 Å². The fraction of sp³-hybridized carbons (Fsp3) is 0.333. The van der Waals surface area contributed by atoms with Crippen molar-refractivity contribution in [3.05, 3.63) is 47.6 Å². The molecule has 0 aliphatic carbocycles. The maximum Gasteiger partial charge on any atom is 0.244 e. The highest BCUT2D eigenvalue weighted by atomic mass is 16.2. The van der Waals surface area contributed by atoms with Crippen LogP contribution in [0.15, 0.2) is 47.6 Å². The highest BCUT2D eigenvalue weighted by Crippen LogP contribution is 2.07. The minimum Gasteiger partial charge on any atom is -0.366 e. The summed E-state index contributed by atoms with van der Waals surface area (Å²) in [6, 6.07) is 0. The molecule has 0 unspecified atom stereocenters. The molecule has 0 aromatic heterocycles. The van der Waals surface area contributed by atoms with Crippen molar-refractivity contribution >= 4 is 23.6 Å². The zero-order valence-electron chi connectivity index (χ0n) is 15.6. The number of allylic oxidation sites excluding steroid dienone is 4. The first-order valence-electron chi connectivity index (χ1n) is 7.78. The fourth-order valence-corrected chi connectivity index (χ4v) is 1.56. The van der Waals surface area contributed by atoms with Crippen molar-refractivity contribution in [1.29, 1.82) is 0 Å². The lowest BCUT2D eigenvalue weighted by atomic mass is 10.0. The molecule has 0 aliphatic heterocycles. The summed E-state index contributed by atoms with van der Waals surface area (Å²) in [6.45, 7) is 6.91. The minimum absolute atomic E-state index is 0.0231. The molecule has 26 heavy (non-hydrogen) atoms. The van der Waals surface area contributed by atoms with Crippen molar-refractivity contribution < 1.29 is 19.2 Å². The van der Waals surface area contributed by atoms with Gasteiger partial charge in [0.15, 0.2) is 0 Å². The smallest absolute Gasteiger partial charge is 0.244 e. The van der Waals surface area contributed by atoms with Gasteiger partial charge in [-0.15, -0.1) is 0 Å². The van der Waals surface area contributed by atoms with Crippen molar-refractivity contribution in [3.8, 4) is 0 Å². The molecule has 0 heterocycles. The molecular weight excluding hydrogens is 336 g/mol. The Morgan fingerprint density at radius 2 is 0.962 bits per heavy atom. The first-order valence-corrected chi connectivity index (χ1v) is 7.78. The Morgan fingerprint density at radius 1 is 0.654 bits per heavy atom. The van der Waals surface area contributed by atoms with Crippen LogP contribution in [0.3, 0.4) is 0 Å². The lowest BCUT2D eigenvalue weighted by molar-refractivity contribution is -0.115. The Kier molecular flexibility index (Phi) is 12.7. The van der Waals surface area contributed by atoms with E-state index in [2.05, 4.69) is 0 Å². The number of hydrogen-bond donors (Lipinski definition) is 4.